The van der Waals surface area contributed by atoms with Gasteiger partial charge in [-0.15, -0.1) is 0 Å². The summed E-state index contributed by atoms with van der Waals surface area (Å²) in [6, 6.07) is 3.85. The van der Waals surface area contributed by atoms with Gasteiger partial charge in [0, 0.05) is 26.2 Å². The second-order valence-electron chi connectivity index (χ2n) is 5.98. The number of hydrogen-bond acceptors (Lipinski definition) is 4. The maximum absolute atomic E-state index is 12.4. The van der Waals surface area contributed by atoms with Crippen LogP contribution in [0.3, 0.4) is 0 Å². The Labute approximate surface area is 125 Å². The average molecular weight is 289 g/mol. The van der Waals surface area contributed by atoms with Crippen LogP contribution in [0.4, 0.5) is 5.69 Å². The first-order chi connectivity index (χ1) is 10.2. The minimum absolute atomic E-state index is 0.0652. The zero-order chi connectivity index (χ0) is 14.7. The number of rotatable bonds is 2. The van der Waals surface area contributed by atoms with Crippen LogP contribution < -0.4 is 4.90 Å². The number of likely N-dealkylation sites (tertiary alicyclic amines) is 1. The highest BCUT2D eigenvalue weighted by Gasteiger charge is 2.22. The van der Waals surface area contributed by atoms with E-state index < -0.39 is 0 Å². The quantitative estimate of drug-likeness (QED) is 0.833. The summed E-state index contributed by atoms with van der Waals surface area (Å²) in [5.41, 5.74) is 1.63. The molecule has 2 fully saturated rings. The maximum atomic E-state index is 12.4. The molecule has 2 saturated heterocycles. The van der Waals surface area contributed by atoms with Gasteiger partial charge in [0.15, 0.2) is 0 Å². The second-order valence-corrected chi connectivity index (χ2v) is 5.98. The van der Waals surface area contributed by atoms with Crippen LogP contribution in [0.1, 0.15) is 30.3 Å². The molecule has 5 nitrogen and oxygen atoms in total. The zero-order valence-corrected chi connectivity index (χ0v) is 12.6. The largest absolute Gasteiger partial charge is 0.378 e. The molecule has 3 rings (SSSR count). The topological polar surface area (TPSA) is 45.7 Å². The number of hydrogen-bond donors (Lipinski definition) is 0. The number of carbonyl (C=O) groups excluding carboxylic acids is 1. The molecule has 21 heavy (non-hydrogen) atoms. The molecule has 0 aliphatic carbocycles. The molecule has 2 aliphatic heterocycles. The molecule has 0 spiro atoms. The van der Waals surface area contributed by atoms with E-state index in [4.69, 9.17) is 4.74 Å². The Morgan fingerprint density at radius 2 is 1.90 bits per heavy atom. The highest BCUT2D eigenvalue weighted by Crippen LogP contribution is 2.19. The van der Waals surface area contributed by atoms with Crippen molar-refractivity contribution in [1.29, 1.82) is 0 Å². The normalized spacial score (nSPS) is 20.6. The lowest BCUT2D eigenvalue weighted by atomic mass is 9.99. The molecule has 0 aromatic carbocycles. The van der Waals surface area contributed by atoms with Crippen molar-refractivity contribution in [2.75, 3.05) is 44.3 Å². The molecule has 0 N–H and O–H groups in total. The summed E-state index contributed by atoms with van der Waals surface area (Å²) >= 11 is 0. The molecule has 3 heterocycles. The predicted molar refractivity (Wildman–Crippen MR) is 81.6 cm³/mol. The van der Waals surface area contributed by atoms with Crippen molar-refractivity contribution in [1.82, 2.24) is 9.88 Å². The van der Waals surface area contributed by atoms with Crippen LogP contribution in [-0.2, 0) is 4.74 Å². The first-order valence-corrected chi connectivity index (χ1v) is 7.82. The van der Waals surface area contributed by atoms with E-state index in [-0.39, 0.29) is 5.91 Å². The van der Waals surface area contributed by atoms with Gasteiger partial charge < -0.3 is 14.5 Å². The number of anilines is 1. The molecule has 114 valence electrons. The molecule has 1 aromatic heterocycles. The summed E-state index contributed by atoms with van der Waals surface area (Å²) in [7, 11) is 0. The first kappa shape index (κ1) is 14.3. The van der Waals surface area contributed by atoms with Crippen molar-refractivity contribution in [3.8, 4) is 0 Å². The third-order valence-electron chi connectivity index (χ3n) is 4.41. The van der Waals surface area contributed by atoms with E-state index in [2.05, 4.69) is 16.8 Å². The Hall–Kier alpha value is -1.62. The van der Waals surface area contributed by atoms with Gasteiger partial charge in [-0.3, -0.25) is 4.79 Å². The first-order valence-electron chi connectivity index (χ1n) is 7.82. The van der Waals surface area contributed by atoms with Crippen molar-refractivity contribution in [2.24, 2.45) is 5.92 Å². The summed E-state index contributed by atoms with van der Waals surface area (Å²) in [6.07, 6.45) is 4.00. The van der Waals surface area contributed by atoms with E-state index in [1.807, 2.05) is 23.2 Å². The fraction of sp³-hybridized carbons (Fsp3) is 0.625. The SMILES string of the molecule is CC1CCN(C(=O)c2ccc(N3CCOCC3)cn2)CC1. The number of piperidine rings is 1. The number of amides is 1. The predicted octanol–water partition coefficient (Wildman–Crippen LogP) is 1.79. The summed E-state index contributed by atoms with van der Waals surface area (Å²) < 4.78 is 5.35. The number of pyridine rings is 1. The number of aromatic nitrogens is 1. The highest BCUT2D eigenvalue weighted by atomic mass is 16.5. The molecular formula is C16H23N3O2. The van der Waals surface area contributed by atoms with Gasteiger partial charge in [-0.25, -0.2) is 4.98 Å². The molecule has 1 aromatic rings. The monoisotopic (exact) mass is 289 g/mol. The third kappa shape index (κ3) is 3.35. The Morgan fingerprint density at radius 1 is 1.19 bits per heavy atom. The summed E-state index contributed by atoms with van der Waals surface area (Å²) in [4.78, 5) is 21.0. The minimum atomic E-state index is 0.0652. The maximum Gasteiger partial charge on any atom is 0.272 e. The molecule has 0 saturated carbocycles. The molecule has 5 heteroatoms. The molecule has 0 radical (unpaired) electrons. The van der Waals surface area contributed by atoms with Gasteiger partial charge in [-0.2, -0.15) is 0 Å². The van der Waals surface area contributed by atoms with Gasteiger partial charge in [-0.1, -0.05) is 6.92 Å². The lowest BCUT2D eigenvalue weighted by Crippen LogP contribution is -2.38. The van der Waals surface area contributed by atoms with Gasteiger partial charge in [0.05, 0.1) is 25.1 Å². The van der Waals surface area contributed by atoms with E-state index in [1.165, 1.54) is 0 Å². The fourth-order valence-corrected chi connectivity index (χ4v) is 2.89. The van der Waals surface area contributed by atoms with E-state index in [9.17, 15) is 4.79 Å². The minimum Gasteiger partial charge on any atom is -0.378 e. The number of carbonyl (C=O) groups is 1. The lowest BCUT2D eigenvalue weighted by molar-refractivity contribution is 0.0691. The standard InChI is InChI=1S/C16H23N3O2/c1-13-4-6-19(7-5-13)16(20)15-3-2-14(12-17-15)18-8-10-21-11-9-18/h2-3,12-13H,4-11H2,1H3. The number of nitrogens with zero attached hydrogens (tertiary/aromatic N) is 3. The van der Waals surface area contributed by atoms with Gasteiger partial charge >= 0.3 is 0 Å². The van der Waals surface area contributed by atoms with Gasteiger partial charge in [0.1, 0.15) is 5.69 Å². The van der Waals surface area contributed by atoms with Gasteiger partial charge in [0.25, 0.3) is 5.91 Å². The molecule has 0 bridgehead atoms. The zero-order valence-electron chi connectivity index (χ0n) is 12.6. The molecule has 0 atom stereocenters. The Kier molecular flexibility index (Phi) is 4.39. The summed E-state index contributed by atoms with van der Waals surface area (Å²) in [5.74, 6) is 0.793. The van der Waals surface area contributed by atoms with Crippen LogP contribution in [0, 0.1) is 5.92 Å². The van der Waals surface area contributed by atoms with Crippen molar-refractivity contribution >= 4 is 11.6 Å². The lowest BCUT2D eigenvalue weighted by Gasteiger charge is -2.30. The smallest absolute Gasteiger partial charge is 0.272 e. The van der Waals surface area contributed by atoms with E-state index in [0.29, 0.717) is 5.69 Å². The summed E-state index contributed by atoms with van der Waals surface area (Å²) in [6.45, 7) is 7.24. The highest BCUT2D eigenvalue weighted by molar-refractivity contribution is 5.92. The van der Waals surface area contributed by atoms with Gasteiger partial charge in [0.2, 0.25) is 0 Å². The Morgan fingerprint density at radius 3 is 2.52 bits per heavy atom. The molecule has 2 aliphatic rings. The average Bonchev–Trinajstić information content (AvgIpc) is 2.56. The van der Waals surface area contributed by atoms with Crippen LogP contribution in [0.5, 0.6) is 0 Å². The Bertz CT molecular complexity index is 475. The fourth-order valence-electron chi connectivity index (χ4n) is 2.89. The van der Waals surface area contributed by atoms with Crippen LogP contribution >= 0.6 is 0 Å². The van der Waals surface area contributed by atoms with Crippen LogP contribution in [0.15, 0.2) is 18.3 Å². The molecule has 0 unspecified atom stereocenters. The van der Waals surface area contributed by atoms with Crippen molar-refractivity contribution < 1.29 is 9.53 Å². The van der Waals surface area contributed by atoms with Crippen molar-refractivity contribution in [3.05, 3.63) is 24.0 Å². The third-order valence-corrected chi connectivity index (χ3v) is 4.41. The molecule has 1 amide bonds. The van der Waals surface area contributed by atoms with Crippen molar-refractivity contribution in [2.45, 2.75) is 19.8 Å². The van der Waals surface area contributed by atoms with E-state index in [0.717, 1.165) is 63.8 Å². The van der Waals surface area contributed by atoms with E-state index >= 15 is 0 Å². The number of ether oxygens (including phenoxy) is 1. The Balaban J connectivity index is 1.64. The summed E-state index contributed by atoms with van der Waals surface area (Å²) in [5, 5.41) is 0. The van der Waals surface area contributed by atoms with Crippen LogP contribution in [0.25, 0.3) is 0 Å². The van der Waals surface area contributed by atoms with Crippen molar-refractivity contribution in [3.63, 3.8) is 0 Å². The van der Waals surface area contributed by atoms with Crippen LogP contribution in [-0.4, -0.2) is 55.2 Å². The van der Waals surface area contributed by atoms with Crippen LogP contribution in [0.2, 0.25) is 0 Å². The van der Waals surface area contributed by atoms with Gasteiger partial charge in [-0.05, 0) is 30.9 Å². The van der Waals surface area contributed by atoms with E-state index in [1.54, 1.807) is 0 Å². The second kappa shape index (κ2) is 6.43. The number of morpholine rings is 1. The molecular weight excluding hydrogens is 266 g/mol.